The van der Waals surface area contributed by atoms with E-state index in [2.05, 4.69) is 55.3 Å². The number of hydrogen-bond acceptors (Lipinski definition) is 8. The maximum absolute atomic E-state index is 14.6. The molecule has 0 atom stereocenters. The molecule has 0 radical (unpaired) electrons. The molecule has 0 spiro atoms. The van der Waals surface area contributed by atoms with E-state index >= 15 is 0 Å². The summed E-state index contributed by atoms with van der Waals surface area (Å²) in [6.45, 7) is 8.21. The second-order valence-electron chi connectivity index (χ2n) is 15.3. The molecular formula is C39H50N4O5S. The van der Waals surface area contributed by atoms with Gasteiger partial charge >= 0.3 is 6.09 Å². The van der Waals surface area contributed by atoms with E-state index in [1.807, 2.05) is 23.4 Å². The standard InChI is InChI=1S/C39H50N4O5S/c1-25(2)35-41-21-33(49-35)28-11-18-40-34(20-28)43(36(44)27-5-8-31(9-6-27)48-37(45)42-30-22-47-23-30)24-38-12-15-39(16-13-38,17-14-38)29-7-10-32(46-4)26(3)19-29/h7,10-11,18-21,25,27,30-31H,5-6,8-9,12-17,22-24H2,1-4H3,(H,42,45). The highest BCUT2D eigenvalue weighted by Crippen LogP contribution is 2.58. The number of methoxy groups -OCH3 is 1. The van der Waals surface area contributed by atoms with Crippen molar-refractivity contribution in [1.29, 1.82) is 0 Å². The third-order valence-electron chi connectivity index (χ3n) is 11.7. The molecule has 3 heterocycles. The maximum atomic E-state index is 14.6. The van der Waals surface area contributed by atoms with Crippen LogP contribution in [0.2, 0.25) is 0 Å². The largest absolute Gasteiger partial charge is 0.496 e. The number of benzene rings is 1. The summed E-state index contributed by atoms with van der Waals surface area (Å²) in [5.74, 6) is 2.05. The summed E-state index contributed by atoms with van der Waals surface area (Å²) in [4.78, 5) is 39.6. The number of alkyl carbamates (subject to hydrolysis) is 1. The molecule has 9 nitrogen and oxygen atoms in total. The molecule has 2 aromatic heterocycles. The molecule has 2 amide bonds. The first kappa shape index (κ1) is 34.0. The minimum atomic E-state index is -0.385. The summed E-state index contributed by atoms with van der Waals surface area (Å²) >= 11 is 1.71. The number of carbonyl (C=O) groups excluding carboxylic acids is 2. The molecule has 8 rings (SSSR count). The van der Waals surface area contributed by atoms with Crippen LogP contribution in [0.5, 0.6) is 5.75 Å². The van der Waals surface area contributed by atoms with Crippen LogP contribution in [-0.2, 0) is 19.7 Å². The summed E-state index contributed by atoms with van der Waals surface area (Å²) in [5.41, 5.74) is 3.93. The number of amides is 2. The molecule has 1 saturated heterocycles. The van der Waals surface area contributed by atoms with Crippen molar-refractivity contribution in [3.63, 3.8) is 0 Å². The van der Waals surface area contributed by atoms with E-state index in [1.54, 1.807) is 18.4 Å². The quantitative estimate of drug-likeness (QED) is 0.231. The number of pyridine rings is 1. The van der Waals surface area contributed by atoms with E-state index in [1.165, 1.54) is 11.1 Å². The van der Waals surface area contributed by atoms with E-state index in [9.17, 15) is 9.59 Å². The smallest absolute Gasteiger partial charge is 0.407 e. The molecule has 3 aromatic rings. The Bertz CT molecular complexity index is 1640. The average molecular weight is 687 g/mol. The van der Waals surface area contributed by atoms with Gasteiger partial charge in [-0.2, -0.15) is 0 Å². The fourth-order valence-electron chi connectivity index (χ4n) is 8.48. The first-order chi connectivity index (χ1) is 23.7. The van der Waals surface area contributed by atoms with Gasteiger partial charge in [-0.3, -0.25) is 9.69 Å². The molecule has 1 N–H and O–H groups in total. The van der Waals surface area contributed by atoms with Crippen molar-refractivity contribution < 1.29 is 23.8 Å². The number of nitrogens with one attached hydrogen (secondary N) is 1. The van der Waals surface area contributed by atoms with Gasteiger partial charge in [0.1, 0.15) is 17.7 Å². The zero-order valence-corrected chi connectivity index (χ0v) is 30.2. The zero-order chi connectivity index (χ0) is 34.2. The summed E-state index contributed by atoms with van der Waals surface area (Å²) in [6.07, 6.45) is 12.6. The number of aryl methyl sites for hydroxylation is 1. The maximum Gasteiger partial charge on any atom is 0.407 e. The average Bonchev–Trinajstić information content (AvgIpc) is 3.61. The lowest BCUT2D eigenvalue weighted by Crippen LogP contribution is -2.52. The summed E-state index contributed by atoms with van der Waals surface area (Å²) in [7, 11) is 1.73. The van der Waals surface area contributed by atoms with Gasteiger partial charge in [0.2, 0.25) is 5.91 Å². The Morgan fingerprint density at radius 2 is 1.76 bits per heavy atom. The van der Waals surface area contributed by atoms with Crippen molar-refractivity contribution in [2.45, 2.75) is 108 Å². The highest BCUT2D eigenvalue weighted by molar-refractivity contribution is 7.15. The van der Waals surface area contributed by atoms with Crippen LogP contribution in [0.25, 0.3) is 10.4 Å². The van der Waals surface area contributed by atoms with Crippen LogP contribution in [-0.4, -0.2) is 61.0 Å². The lowest BCUT2D eigenvalue weighted by molar-refractivity contribution is -0.124. The van der Waals surface area contributed by atoms with Crippen molar-refractivity contribution in [2.75, 3.05) is 31.8 Å². The van der Waals surface area contributed by atoms with Crippen molar-refractivity contribution in [3.8, 4) is 16.2 Å². The van der Waals surface area contributed by atoms with Gasteiger partial charge < -0.3 is 19.5 Å². The summed E-state index contributed by atoms with van der Waals surface area (Å²) in [5, 5.41) is 3.97. The number of hydrogen-bond donors (Lipinski definition) is 1. The van der Waals surface area contributed by atoms with Crippen LogP contribution >= 0.6 is 11.3 Å². The summed E-state index contributed by atoms with van der Waals surface area (Å²) in [6, 6.07) is 10.9. The van der Waals surface area contributed by atoms with Crippen LogP contribution in [0.15, 0.2) is 42.7 Å². The monoisotopic (exact) mass is 686 g/mol. The number of aromatic nitrogens is 2. The highest BCUT2D eigenvalue weighted by atomic mass is 32.1. The molecule has 5 aliphatic rings. The fraction of sp³-hybridized carbons (Fsp3) is 0.590. The predicted octanol–water partition coefficient (Wildman–Crippen LogP) is 7.95. The van der Waals surface area contributed by atoms with Crippen LogP contribution in [0.3, 0.4) is 0 Å². The molecular weight excluding hydrogens is 637 g/mol. The molecule has 2 bridgehead atoms. The Labute approximate surface area is 294 Å². The van der Waals surface area contributed by atoms with Crippen LogP contribution in [0.1, 0.15) is 100 Å². The Hall–Kier alpha value is -3.50. The van der Waals surface area contributed by atoms with Gasteiger partial charge in [-0.15, -0.1) is 11.3 Å². The van der Waals surface area contributed by atoms with E-state index < -0.39 is 0 Å². The Morgan fingerprint density at radius 1 is 1.02 bits per heavy atom. The van der Waals surface area contributed by atoms with Crippen LogP contribution in [0.4, 0.5) is 10.6 Å². The second kappa shape index (κ2) is 14.0. The third-order valence-corrected chi connectivity index (χ3v) is 13.1. The molecule has 4 aliphatic carbocycles. The Balaban J connectivity index is 1.09. The van der Waals surface area contributed by atoms with Gasteiger partial charge in [-0.05, 0) is 117 Å². The Morgan fingerprint density at radius 3 is 2.37 bits per heavy atom. The van der Waals surface area contributed by atoms with Gasteiger partial charge in [0, 0.05) is 30.8 Å². The van der Waals surface area contributed by atoms with Gasteiger partial charge in [0.05, 0.1) is 36.3 Å². The molecule has 1 aliphatic heterocycles. The lowest BCUT2D eigenvalue weighted by Gasteiger charge is -2.55. The number of ether oxygens (including phenoxy) is 3. The summed E-state index contributed by atoms with van der Waals surface area (Å²) < 4.78 is 16.4. The van der Waals surface area contributed by atoms with Crippen molar-refractivity contribution in [1.82, 2.24) is 15.3 Å². The molecule has 4 saturated carbocycles. The van der Waals surface area contributed by atoms with Crippen molar-refractivity contribution in [3.05, 3.63) is 58.9 Å². The fourth-order valence-corrected chi connectivity index (χ4v) is 9.39. The molecule has 0 unspecified atom stereocenters. The van der Waals surface area contributed by atoms with Gasteiger partial charge in [-0.1, -0.05) is 26.0 Å². The molecule has 1 aromatic carbocycles. The first-order valence-corrected chi connectivity index (χ1v) is 18.9. The number of rotatable bonds is 10. The lowest BCUT2D eigenvalue weighted by atomic mass is 9.51. The predicted molar refractivity (Wildman–Crippen MR) is 191 cm³/mol. The van der Waals surface area contributed by atoms with E-state index in [0.29, 0.717) is 51.4 Å². The van der Waals surface area contributed by atoms with Crippen LogP contribution < -0.4 is 15.0 Å². The van der Waals surface area contributed by atoms with Gasteiger partial charge in [0.15, 0.2) is 0 Å². The number of carbonyl (C=O) groups is 2. The number of thiazole rings is 1. The van der Waals surface area contributed by atoms with Crippen molar-refractivity contribution in [2.24, 2.45) is 11.3 Å². The van der Waals surface area contributed by atoms with Crippen LogP contribution in [0, 0.1) is 18.3 Å². The number of fused-ring (bicyclic) bond motifs is 3. The molecule has 10 heteroatoms. The van der Waals surface area contributed by atoms with Gasteiger partial charge in [0.25, 0.3) is 0 Å². The number of nitrogens with zero attached hydrogens (tertiary/aromatic N) is 3. The van der Waals surface area contributed by atoms with E-state index in [0.717, 1.165) is 65.5 Å². The SMILES string of the molecule is COc1ccc(C23CCC(CN(C(=O)C4CCC(OC(=O)NC5COC5)CC4)c4cc(-c5cnc(C(C)C)s5)ccn4)(CC2)CC3)cc1C. The second-order valence-corrected chi connectivity index (χ2v) is 16.3. The minimum Gasteiger partial charge on any atom is -0.496 e. The zero-order valence-electron chi connectivity index (χ0n) is 29.3. The topological polar surface area (TPSA) is 103 Å². The Kier molecular flexibility index (Phi) is 9.72. The number of anilines is 1. The normalized spacial score (nSPS) is 26.6. The van der Waals surface area contributed by atoms with Crippen molar-refractivity contribution >= 4 is 29.2 Å². The molecule has 49 heavy (non-hydrogen) atoms. The molecule has 262 valence electrons. The third kappa shape index (κ3) is 7.09. The highest BCUT2D eigenvalue weighted by Gasteiger charge is 2.51. The van der Waals surface area contributed by atoms with E-state index in [-0.39, 0.29) is 40.9 Å². The minimum absolute atomic E-state index is 0.0357. The van der Waals surface area contributed by atoms with E-state index in [4.69, 9.17) is 19.2 Å². The van der Waals surface area contributed by atoms with Gasteiger partial charge in [-0.25, -0.2) is 14.8 Å². The molecule has 5 fully saturated rings. The first-order valence-electron chi connectivity index (χ1n) is 18.1.